The minimum Gasteiger partial charge on any atom is -0.497 e. The Hall–Kier alpha value is -2.60. The van der Waals surface area contributed by atoms with E-state index in [4.69, 9.17) is 9.47 Å². The van der Waals surface area contributed by atoms with Crippen molar-refractivity contribution < 1.29 is 23.8 Å². The topological polar surface area (TPSA) is 59.0 Å². The molecule has 144 valence electrons. The van der Waals surface area contributed by atoms with Crippen molar-refractivity contribution in [2.45, 2.75) is 18.9 Å². The fraction of sp³-hybridized carbons (Fsp3) is 0.381. The van der Waals surface area contributed by atoms with Gasteiger partial charge in [0.15, 0.2) is 0 Å². The number of carboxylic acids is 1. The van der Waals surface area contributed by atoms with E-state index >= 15 is 0 Å². The van der Waals surface area contributed by atoms with Crippen molar-refractivity contribution in [3.63, 3.8) is 0 Å². The molecule has 5 nitrogen and oxygen atoms in total. The van der Waals surface area contributed by atoms with Crippen molar-refractivity contribution >= 4 is 5.97 Å². The van der Waals surface area contributed by atoms with Crippen LogP contribution >= 0.6 is 0 Å². The van der Waals surface area contributed by atoms with Crippen LogP contribution in [0.25, 0.3) is 0 Å². The van der Waals surface area contributed by atoms with Crippen LogP contribution < -0.4 is 9.47 Å². The molecule has 1 aliphatic rings. The molecule has 27 heavy (non-hydrogen) atoms. The average Bonchev–Trinajstić information content (AvgIpc) is 2.70. The maximum atomic E-state index is 14.7. The first-order chi connectivity index (χ1) is 13.0. The standard InChI is InChI=1S/C21H24FNO4/c1-26-15-7-8-17(19(13-15)27-2)20(16-5-3-4-6-18(16)22)23-11-9-14(10-12-23)21(24)25/h3-8,13-14,20H,9-12H2,1-2H3,(H,24,25). The molecule has 1 heterocycles. The number of halogens is 1. The van der Waals surface area contributed by atoms with Gasteiger partial charge in [0.25, 0.3) is 0 Å². The molecule has 1 aliphatic heterocycles. The second kappa shape index (κ2) is 8.39. The van der Waals surface area contributed by atoms with Gasteiger partial charge in [0.2, 0.25) is 0 Å². The number of methoxy groups -OCH3 is 2. The molecule has 0 aromatic heterocycles. The number of carboxylic acid groups (broad SMARTS) is 1. The van der Waals surface area contributed by atoms with Crippen LogP contribution in [0.2, 0.25) is 0 Å². The Balaban J connectivity index is 2.02. The summed E-state index contributed by atoms with van der Waals surface area (Å²) >= 11 is 0. The van der Waals surface area contributed by atoms with E-state index in [1.807, 2.05) is 18.2 Å². The number of likely N-dealkylation sites (tertiary alicyclic amines) is 1. The number of nitrogens with zero attached hydrogens (tertiary/aromatic N) is 1. The summed E-state index contributed by atoms with van der Waals surface area (Å²) in [5.74, 6) is -0.129. The van der Waals surface area contributed by atoms with Gasteiger partial charge >= 0.3 is 5.97 Å². The molecular weight excluding hydrogens is 349 g/mol. The molecule has 1 N–H and O–H groups in total. The van der Waals surface area contributed by atoms with Crippen LogP contribution in [0.15, 0.2) is 42.5 Å². The summed E-state index contributed by atoms with van der Waals surface area (Å²) in [7, 11) is 3.16. The van der Waals surface area contributed by atoms with Crippen LogP contribution in [0, 0.1) is 11.7 Å². The normalized spacial score (nSPS) is 16.7. The Morgan fingerprint density at radius 1 is 1.11 bits per heavy atom. The van der Waals surface area contributed by atoms with Crippen molar-refractivity contribution in [3.8, 4) is 11.5 Å². The molecule has 1 fully saturated rings. The van der Waals surface area contributed by atoms with Crippen LogP contribution in [0.4, 0.5) is 4.39 Å². The highest BCUT2D eigenvalue weighted by Crippen LogP contribution is 2.39. The average molecular weight is 373 g/mol. The molecule has 0 saturated carbocycles. The van der Waals surface area contributed by atoms with Gasteiger partial charge in [-0.3, -0.25) is 9.69 Å². The molecule has 3 rings (SSSR count). The molecule has 1 atom stereocenters. The van der Waals surface area contributed by atoms with Crippen molar-refractivity contribution in [2.75, 3.05) is 27.3 Å². The second-order valence-corrected chi connectivity index (χ2v) is 6.68. The van der Waals surface area contributed by atoms with E-state index in [1.54, 1.807) is 32.4 Å². The van der Waals surface area contributed by atoms with Gasteiger partial charge in [-0.1, -0.05) is 18.2 Å². The quantitative estimate of drug-likeness (QED) is 0.836. The number of benzene rings is 2. The molecule has 1 saturated heterocycles. The van der Waals surface area contributed by atoms with Gasteiger partial charge in [-0.15, -0.1) is 0 Å². The minimum atomic E-state index is -0.765. The van der Waals surface area contributed by atoms with E-state index < -0.39 is 5.97 Å². The van der Waals surface area contributed by atoms with Gasteiger partial charge in [0, 0.05) is 17.2 Å². The van der Waals surface area contributed by atoms with Crippen molar-refractivity contribution in [3.05, 3.63) is 59.4 Å². The molecule has 0 bridgehead atoms. The zero-order valence-electron chi connectivity index (χ0n) is 15.5. The molecule has 0 spiro atoms. The summed E-state index contributed by atoms with van der Waals surface area (Å²) in [5, 5.41) is 9.27. The predicted molar refractivity (Wildman–Crippen MR) is 99.7 cm³/mol. The molecule has 2 aromatic rings. The highest BCUT2D eigenvalue weighted by Gasteiger charge is 2.32. The van der Waals surface area contributed by atoms with E-state index in [0.29, 0.717) is 43.0 Å². The van der Waals surface area contributed by atoms with Gasteiger partial charge in [-0.2, -0.15) is 0 Å². The highest BCUT2D eigenvalue weighted by atomic mass is 19.1. The zero-order chi connectivity index (χ0) is 19.4. The van der Waals surface area contributed by atoms with E-state index in [9.17, 15) is 14.3 Å². The number of hydrogen-bond donors (Lipinski definition) is 1. The Kier molecular flexibility index (Phi) is 5.96. The number of hydrogen-bond acceptors (Lipinski definition) is 4. The molecule has 6 heteroatoms. The first kappa shape index (κ1) is 19.2. The molecule has 2 aromatic carbocycles. The van der Waals surface area contributed by atoms with Crippen LogP contribution in [-0.2, 0) is 4.79 Å². The Bertz CT molecular complexity index is 803. The van der Waals surface area contributed by atoms with Crippen LogP contribution in [0.1, 0.15) is 30.0 Å². The second-order valence-electron chi connectivity index (χ2n) is 6.68. The van der Waals surface area contributed by atoms with E-state index in [0.717, 1.165) is 5.56 Å². The highest BCUT2D eigenvalue weighted by molar-refractivity contribution is 5.70. The third-order valence-electron chi connectivity index (χ3n) is 5.18. The molecule has 0 amide bonds. The predicted octanol–water partition coefficient (Wildman–Crippen LogP) is 3.73. The lowest BCUT2D eigenvalue weighted by molar-refractivity contribution is -0.143. The van der Waals surface area contributed by atoms with Crippen molar-refractivity contribution in [1.82, 2.24) is 4.90 Å². The van der Waals surface area contributed by atoms with E-state index in [-0.39, 0.29) is 17.8 Å². The van der Waals surface area contributed by atoms with Crippen molar-refractivity contribution in [1.29, 1.82) is 0 Å². The van der Waals surface area contributed by atoms with Crippen LogP contribution in [0.5, 0.6) is 11.5 Å². The molecular formula is C21H24FNO4. The summed E-state index contributed by atoms with van der Waals surface area (Å²) in [5.41, 5.74) is 1.38. The first-order valence-electron chi connectivity index (χ1n) is 8.98. The number of piperidine rings is 1. The third-order valence-corrected chi connectivity index (χ3v) is 5.18. The number of carbonyl (C=O) groups is 1. The lowest BCUT2D eigenvalue weighted by atomic mass is 9.90. The Morgan fingerprint density at radius 2 is 1.81 bits per heavy atom. The largest absolute Gasteiger partial charge is 0.497 e. The molecule has 1 unspecified atom stereocenters. The van der Waals surface area contributed by atoms with E-state index in [2.05, 4.69) is 4.90 Å². The number of aliphatic carboxylic acids is 1. The molecule has 0 aliphatic carbocycles. The maximum Gasteiger partial charge on any atom is 0.306 e. The van der Waals surface area contributed by atoms with Gasteiger partial charge < -0.3 is 14.6 Å². The maximum absolute atomic E-state index is 14.7. The lowest BCUT2D eigenvalue weighted by Gasteiger charge is -2.37. The zero-order valence-corrected chi connectivity index (χ0v) is 15.5. The van der Waals surface area contributed by atoms with Gasteiger partial charge in [0.1, 0.15) is 17.3 Å². The number of ether oxygens (including phenoxy) is 2. The summed E-state index contributed by atoms with van der Waals surface area (Å²) in [6, 6.07) is 11.8. The summed E-state index contributed by atoms with van der Waals surface area (Å²) in [6.45, 7) is 1.15. The first-order valence-corrected chi connectivity index (χ1v) is 8.98. The Labute approximate surface area is 158 Å². The van der Waals surface area contributed by atoms with Gasteiger partial charge in [-0.05, 0) is 44.1 Å². The van der Waals surface area contributed by atoms with E-state index in [1.165, 1.54) is 6.07 Å². The van der Waals surface area contributed by atoms with Gasteiger partial charge in [-0.25, -0.2) is 4.39 Å². The minimum absolute atomic E-state index is 0.291. The van der Waals surface area contributed by atoms with Gasteiger partial charge in [0.05, 0.1) is 26.2 Å². The van der Waals surface area contributed by atoms with Crippen LogP contribution in [0.3, 0.4) is 0 Å². The number of rotatable bonds is 6. The Morgan fingerprint density at radius 3 is 2.41 bits per heavy atom. The molecule has 0 radical (unpaired) electrons. The SMILES string of the molecule is COc1ccc(C(c2ccccc2F)N2CCC(C(=O)O)CC2)c(OC)c1. The third kappa shape index (κ3) is 4.06. The van der Waals surface area contributed by atoms with Crippen molar-refractivity contribution in [2.24, 2.45) is 5.92 Å². The smallest absolute Gasteiger partial charge is 0.306 e. The fourth-order valence-electron chi connectivity index (χ4n) is 3.71. The summed E-state index contributed by atoms with van der Waals surface area (Å²) in [4.78, 5) is 13.4. The summed E-state index contributed by atoms with van der Waals surface area (Å²) in [6.07, 6.45) is 1.08. The summed E-state index contributed by atoms with van der Waals surface area (Å²) < 4.78 is 25.5. The monoisotopic (exact) mass is 373 g/mol. The lowest BCUT2D eigenvalue weighted by Crippen LogP contribution is -2.39. The fourth-order valence-corrected chi connectivity index (χ4v) is 3.71. The van der Waals surface area contributed by atoms with Crippen LogP contribution in [-0.4, -0.2) is 43.3 Å².